The molecule has 1 saturated heterocycles. The summed E-state index contributed by atoms with van der Waals surface area (Å²) in [7, 11) is -3.45. The molecule has 8 nitrogen and oxygen atoms in total. The number of nitrogens with one attached hydrogen (secondary N) is 2. The van der Waals surface area contributed by atoms with Crippen molar-refractivity contribution in [1.82, 2.24) is 14.5 Å². The summed E-state index contributed by atoms with van der Waals surface area (Å²) in [6.07, 6.45) is 5.35. The normalized spacial score (nSPS) is 20.5. The van der Waals surface area contributed by atoms with Crippen molar-refractivity contribution < 1.29 is 18.0 Å². The molecule has 10 heteroatoms. The van der Waals surface area contributed by atoms with Gasteiger partial charge >= 0.3 is 0 Å². The van der Waals surface area contributed by atoms with Crippen LogP contribution in [0.3, 0.4) is 0 Å². The molecule has 2 fully saturated rings. The standard InChI is InChI=1S/C22H33ClN4O4S/c1-15-13-26(8-9-27(15)22(29)17-6-4-5-7-17)14-18-10-19(23)11-20(16(18)2)25-21(28)12-24-32(3,30)31/h10-11,15,17,24H,4-9,12-14H2,1-3H3,(H,25,28). The highest BCUT2D eigenvalue weighted by molar-refractivity contribution is 7.88. The number of anilines is 1. The maximum atomic E-state index is 12.8. The summed E-state index contributed by atoms with van der Waals surface area (Å²) in [4.78, 5) is 29.3. The van der Waals surface area contributed by atoms with E-state index in [2.05, 4.69) is 21.9 Å². The Morgan fingerprint density at radius 3 is 2.50 bits per heavy atom. The van der Waals surface area contributed by atoms with Crippen molar-refractivity contribution in [2.75, 3.05) is 37.8 Å². The number of carbonyl (C=O) groups excluding carboxylic acids is 2. The molecule has 178 valence electrons. The van der Waals surface area contributed by atoms with Crippen LogP contribution in [-0.4, -0.2) is 68.5 Å². The number of hydrogen-bond acceptors (Lipinski definition) is 5. The number of sulfonamides is 1. The van der Waals surface area contributed by atoms with E-state index in [1.165, 1.54) is 0 Å². The van der Waals surface area contributed by atoms with Crippen LogP contribution in [-0.2, 0) is 26.2 Å². The van der Waals surface area contributed by atoms with Gasteiger partial charge in [-0.25, -0.2) is 13.1 Å². The van der Waals surface area contributed by atoms with Crippen LogP contribution in [0.5, 0.6) is 0 Å². The van der Waals surface area contributed by atoms with Crippen LogP contribution < -0.4 is 10.0 Å². The van der Waals surface area contributed by atoms with E-state index in [0.29, 0.717) is 23.2 Å². The van der Waals surface area contributed by atoms with Gasteiger partial charge in [0, 0.05) is 48.8 Å². The zero-order valence-electron chi connectivity index (χ0n) is 19.0. The Bertz CT molecular complexity index is 963. The number of benzene rings is 1. The van der Waals surface area contributed by atoms with Crippen LogP contribution in [0.4, 0.5) is 5.69 Å². The van der Waals surface area contributed by atoms with Crippen molar-refractivity contribution >= 4 is 39.1 Å². The van der Waals surface area contributed by atoms with Crippen molar-refractivity contribution in [3.8, 4) is 0 Å². The zero-order chi connectivity index (χ0) is 23.5. The second-order valence-corrected chi connectivity index (χ2v) is 11.2. The highest BCUT2D eigenvalue weighted by atomic mass is 35.5. The Morgan fingerprint density at radius 2 is 1.88 bits per heavy atom. The molecule has 1 saturated carbocycles. The summed E-state index contributed by atoms with van der Waals surface area (Å²) in [6, 6.07) is 3.71. The van der Waals surface area contributed by atoms with Crippen molar-refractivity contribution in [3.05, 3.63) is 28.3 Å². The number of piperazine rings is 1. The lowest BCUT2D eigenvalue weighted by Gasteiger charge is -2.41. The van der Waals surface area contributed by atoms with Crippen LogP contribution in [0.25, 0.3) is 0 Å². The molecular weight excluding hydrogens is 452 g/mol. The van der Waals surface area contributed by atoms with Crippen molar-refractivity contribution in [3.63, 3.8) is 0 Å². The van der Waals surface area contributed by atoms with Gasteiger partial charge in [-0.15, -0.1) is 0 Å². The average molecular weight is 485 g/mol. The average Bonchev–Trinajstić information content (AvgIpc) is 3.24. The number of rotatable bonds is 7. The third-order valence-electron chi connectivity index (χ3n) is 6.34. The van der Waals surface area contributed by atoms with Gasteiger partial charge in [0.15, 0.2) is 0 Å². The van der Waals surface area contributed by atoms with E-state index in [-0.39, 0.29) is 18.5 Å². The molecule has 1 heterocycles. The second kappa shape index (κ2) is 10.5. The minimum absolute atomic E-state index is 0.151. The van der Waals surface area contributed by atoms with Gasteiger partial charge in [-0.3, -0.25) is 14.5 Å². The predicted molar refractivity (Wildman–Crippen MR) is 126 cm³/mol. The summed E-state index contributed by atoms with van der Waals surface area (Å²) >= 11 is 6.30. The van der Waals surface area contributed by atoms with Gasteiger partial charge in [-0.1, -0.05) is 24.4 Å². The maximum absolute atomic E-state index is 12.8. The van der Waals surface area contributed by atoms with Crippen LogP contribution in [0.1, 0.15) is 43.7 Å². The molecule has 3 rings (SSSR count). The van der Waals surface area contributed by atoms with Crippen LogP contribution in [0, 0.1) is 12.8 Å². The fraction of sp³-hybridized carbons (Fsp3) is 0.636. The SMILES string of the molecule is Cc1c(CN2CCN(C(=O)C3CCCC3)C(C)C2)cc(Cl)cc1NC(=O)CNS(C)(=O)=O. The molecule has 1 aromatic rings. The third kappa shape index (κ3) is 6.66. The summed E-state index contributed by atoms with van der Waals surface area (Å²) < 4.78 is 24.6. The highest BCUT2D eigenvalue weighted by Crippen LogP contribution is 2.29. The smallest absolute Gasteiger partial charge is 0.239 e. The number of nitrogens with zero attached hydrogens (tertiary/aromatic N) is 2. The van der Waals surface area contributed by atoms with Gasteiger partial charge in [-0.2, -0.15) is 0 Å². The molecule has 1 atom stereocenters. The van der Waals surface area contributed by atoms with Crippen LogP contribution >= 0.6 is 11.6 Å². The first-order valence-corrected chi connectivity index (χ1v) is 13.4. The molecule has 2 amide bonds. The second-order valence-electron chi connectivity index (χ2n) is 8.98. The molecule has 32 heavy (non-hydrogen) atoms. The van der Waals surface area contributed by atoms with E-state index in [4.69, 9.17) is 11.6 Å². The molecular formula is C22H33ClN4O4S. The van der Waals surface area contributed by atoms with Crippen molar-refractivity contribution in [1.29, 1.82) is 0 Å². The van der Waals surface area contributed by atoms with Gasteiger partial charge in [-0.05, 0) is 49.9 Å². The Labute approximate surface area is 195 Å². The highest BCUT2D eigenvalue weighted by Gasteiger charge is 2.33. The molecule has 1 aliphatic carbocycles. The van der Waals surface area contributed by atoms with E-state index < -0.39 is 15.9 Å². The van der Waals surface area contributed by atoms with Gasteiger partial charge in [0.2, 0.25) is 21.8 Å². The van der Waals surface area contributed by atoms with E-state index >= 15 is 0 Å². The first kappa shape index (κ1) is 25.0. The van der Waals surface area contributed by atoms with E-state index in [9.17, 15) is 18.0 Å². The molecule has 0 aromatic heterocycles. The molecule has 2 N–H and O–H groups in total. The number of amides is 2. The zero-order valence-corrected chi connectivity index (χ0v) is 20.6. The fourth-order valence-electron chi connectivity index (χ4n) is 4.57. The number of carbonyl (C=O) groups is 2. The molecule has 1 aromatic carbocycles. The minimum atomic E-state index is -3.45. The summed E-state index contributed by atoms with van der Waals surface area (Å²) in [5, 5.41) is 3.24. The van der Waals surface area contributed by atoms with Crippen molar-refractivity contribution in [2.24, 2.45) is 5.92 Å². The van der Waals surface area contributed by atoms with E-state index in [1.807, 2.05) is 17.9 Å². The van der Waals surface area contributed by atoms with Crippen LogP contribution in [0.15, 0.2) is 12.1 Å². The first-order valence-electron chi connectivity index (χ1n) is 11.1. The Kier molecular flexibility index (Phi) is 8.19. The topological polar surface area (TPSA) is 98.8 Å². The predicted octanol–water partition coefficient (Wildman–Crippen LogP) is 2.36. The lowest BCUT2D eigenvalue weighted by molar-refractivity contribution is -0.140. The number of hydrogen-bond donors (Lipinski definition) is 2. The third-order valence-corrected chi connectivity index (χ3v) is 7.23. The van der Waals surface area contributed by atoms with E-state index in [0.717, 1.165) is 62.7 Å². The van der Waals surface area contributed by atoms with Gasteiger partial charge in [0.25, 0.3) is 0 Å². The number of halogens is 1. The summed E-state index contributed by atoms with van der Waals surface area (Å²) in [6.45, 7) is 6.62. The fourth-order valence-corrected chi connectivity index (χ4v) is 5.21. The van der Waals surface area contributed by atoms with Crippen molar-refractivity contribution in [2.45, 2.75) is 52.1 Å². The molecule has 1 aliphatic heterocycles. The quantitative estimate of drug-likeness (QED) is 0.619. The van der Waals surface area contributed by atoms with Gasteiger partial charge in [0.05, 0.1) is 12.8 Å². The molecule has 2 aliphatic rings. The largest absolute Gasteiger partial charge is 0.337 e. The lowest BCUT2D eigenvalue weighted by atomic mass is 10.0. The molecule has 0 spiro atoms. The Balaban J connectivity index is 1.62. The van der Waals surface area contributed by atoms with E-state index in [1.54, 1.807) is 6.07 Å². The molecule has 0 bridgehead atoms. The Morgan fingerprint density at radius 1 is 1.19 bits per heavy atom. The summed E-state index contributed by atoms with van der Waals surface area (Å²) in [5.41, 5.74) is 2.45. The van der Waals surface area contributed by atoms with Gasteiger partial charge in [0.1, 0.15) is 0 Å². The van der Waals surface area contributed by atoms with Gasteiger partial charge < -0.3 is 10.2 Å². The molecule has 0 radical (unpaired) electrons. The molecule has 1 unspecified atom stereocenters. The maximum Gasteiger partial charge on any atom is 0.239 e. The van der Waals surface area contributed by atoms with Crippen LogP contribution in [0.2, 0.25) is 5.02 Å². The minimum Gasteiger partial charge on any atom is -0.337 e. The Hall–Kier alpha value is -1.68. The first-order chi connectivity index (χ1) is 15.0. The monoisotopic (exact) mass is 484 g/mol. The summed E-state index contributed by atoms with van der Waals surface area (Å²) in [5.74, 6) is 0.0446. The lowest BCUT2D eigenvalue weighted by Crippen LogP contribution is -2.54.